The molecule has 3 nitrogen and oxygen atoms in total. The first-order chi connectivity index (χ1) is 7.27. The van der Waals surface area contributed by atoms with E-state index in [1.807, 2.05) is 0 Å². The van der Waals surface area contributed by atoms with Crippen LogP contribution in [0.1, 0.15) is 17.6 Å². The number of nitrogen functional groups attached to an aromatic ring is 1. The number of methoxy groups -OCH3 is 1. The van der Waals surface area contributed by atoms with Gasteiger partial charge in [-0.25, -0.2) is 8.78 Å². The third kappa shape index (κ3) is 2.31. The second kappa shape index (κ2) is 4.11. The molecule has 1 aromatic rings. The van der Waals surface area contributed by atoms with Crippen molar-refractivity contribution in [2.45, 2.75) is 12.6 Å². The molecule has 0 atom stereocenters. The Morgan fingerprint density at radius 2 is 1.94 bits per heavy atom. The number of alkyl halides is 5. The molecule has 1 aromatic heterocycles. The van der Waals surface area contributed by atoms with Gasteiger partial charge in [-0.15, -0.1) is 0 Å². The largest absolute Gasteiger partial charge is 0.481 e. The lowest BCUT2D eigenvalue weighted by molar-refractivity contribution is -0.139. The fourth-order valence-corrected chi connectivity index (χ4v) is 1.06. The second-order valence-corrected chi connectivity index (χ2v) is 2.82. The summed E-state index contributed by atoms with van der Waals surface area (Å²) in [5, 5.41) is 0. The van der Waals surface area contributed by atoms with Crippen LogP contribution in [0.2, 0.25) is 0 Å². The number of nitrogens with two attached hydrogens (primary N) is 1. The summed E-state index contributed by atoms with van der Waals surface area (Å²) >= 11 is 0. The van der Waals surface area contributed by atoms with Gasteiger partial charge in [-0.1, -0.05) is 0 Å². The maximum atomic E-state index is 12.4. The van der Waals surface area contributed by atoms with Crippen molar-refractivity contribution in [3.05, 3.63) is 17.2 Å². The fourth-order valence-electron chi connectivity index (χ4n) is 1.06. The zero-order valence-corrected chi connectivity index (χ0v) is 7.98. The van der Waals surface area contributed by atoms with Crippen molar-refractivity contribution in [1.29, 1.82) is 0 Å². The summed E-state index contributed by atoms with van der Waals surface area (Å²) < 4.78 is 66.2. The van der Waals surface area contributed by atoms with Gasteiger partial charge in [-0.05, 0) is 6.07 Å². The first kappa shape index (κ1) is 12.5. The molecule has 0 aliphatic heterocycles. The van der Waals surface area contributed by atoms with Gasteiger partial charge in [0.1, 0.15) is 11.4 Å². The monoisotopic (exact) mass is 242 g/mol. The SMILES string of the molecule is COc1nc(N)c(C(F)F)cc1C(F)(F)F. The summed E-state index contributed by atoms with van der Waals surface area (Å²) in [5.41, 5.74) is 2.73. The molecule has 0 saturated carbocycles. The van der Waals surface area contributed by atoms with Gasteiger partial charge in [-0.2, -0.15) is 18.2 Å². The molecule has 0 bridgehead atoms. The Morgan fingerprint density at radius 1 is 1.38 bits per heavy atom. The van der Waals surface area contributed by atoms with E-state index in [1.165, 1.54) is 0 Å². The lowest BCUT2D eigenvalue weighted by Crippen LogP contribution is -2.12. The van der Waals surface area contributed by atoms with Crippen LogP contribution in [0, 0.1) is 0 Å². The van der Waals surface area contributed by atoms with Gasteiger partial charge >= 0.3 is 6.18 Å². The van der Waals surface area contributed by atoms with Crippen molar-refractivity contribution >= 4 is 5.82 Å². The zero-order valence-electron chi connectivity index (χ0n) is 7.98. The number of rotatable bonds is 2. The van der Waals surface area contributed by atoms with E-state index in [0.717, 1.165) is 7.11 Å². The Balaban J connectivity index is 3.41. The van der Waals surface area contributed by atoms with E-state index in [9.17, 15) is 22.0 Å². The number of hydrogen-bond donors (Lipinski definition) is 1. The summed E-state index contributed by atoms with van der Waals surface area (Å²) in [4.78, 5) is 3.13. The van der Waals surface area contributed by atoms with E-state index in [-0.39, 0.29) is 6.07 Å². The lowest BCUT2D eigenvalue weighted by atomic mass is 10.1. The van der Waals surface area contributed by atoms with Gasteiger partial charge < -0.3 is 10.5 Å². The standard InChI is InChI=1S/C8H7F5N2O/c1-16-7-4(8(11,12)13)2-3(5(9)10)6(14)15-7/h2,5H,1H3,(H2,14,15). The van der Waals surface area contributed by atoms with E-state index in [0.29, 0.717) is 0 Å². The Labute approximate surface area is 87.0 Å². The smallest absolute Gasteiger partial charge is 0.421 e. The second-order valence-electron chi connectivity index (χ2n) is 2.82. The molecule has 8 heteroatoms. The minimum Gasteiger partial charge on any atom is -0.481 e. The lowest BCUT2D eigenvalue weighted by Gasteiger charge is -2.13. The highest BCUT2D eigenvalue weighted by molar-refractivity contribution is 5.47. The number of pyridine rings is 1. The molecule has 0 aromatic carbocycles. The predicted octanol–water partition coefficient (Wildman–Crippen LogP) is 2.63. The highest BCUT2D eigenvalue weighted by Gasteiger charge is 2.37. The number of halogens is 5. The number of aromatic nitrogens is 1. The molecule has 16 heavy (non-hydrogen) atoms. The van der Waals surface area contributed by atoms with Crippen molar-refractivity contribution in [3.8, 4) is 5.88 Å². The average Bonchev–Trinajstić information content (AvgIpc) is 2.14. The molecule has 0 unspecified atom stereocenters. The first-order valence-corrected chi connectivity index (χ1v) is 3.97. The number of anilines is 1. The Bertz CT molecular complexity index is 391. The van der Waals surface area contributed by atoms with Crippen LogP contribution in [0.5, 0.6) is 5.88 Å². The van der Waals surface area contributed by atoms with Crippen LogP contribution in [-0.2, 0) is 6.18 Å². The predicted molar refractivity (Wildman–Crippen MR) is 45.2 cm³/mol. The summed E-state index contributed by atoms with van der Waals surface area (Å²) in [6, 6.07) is 0.242. The van der Waals surface area contributed by atoms with Crippen LogP contribution in [0.3, 0.4) is 0 Å². The van der Waals surface area contributed by atoms with Crippen LogP contribution >= 0.6 is 0 Å². The molecular weight excluding hydrogens is 235 g/mol. The van der Waals surface area contributed by atoms with Crippen LogP contribution in [0.4, 0.5) is 27.8 Å². The number of ether oxygens (including phenoxy) is 1. The summed E-state index contributed by atoms with van der Waals surface area (Å²) in [6.07, 6.45) is -7.95. The highest BCUT2D eigenvalue weighted by Crippen LogP contribution is 2.38. The third-order valence-electron chi connectivity index (χ3n) is 1.78. The van der Waals surface area contributed by atoms with E-state index in [2.05, 4.69) is 9.72 Å². The van der Waals surface area contributed by atoms with Gasteiger partial charge in [0.25, 0.3) is 6.43 Å². The van der Waals surface area contributed by atoms with Gasteiger partial charge in [0.2, 0.25) is 5.88 Å². The van der Waals surface area contributed by atoms with E-state index in [4.69, 9.17) is 5.73 Å². The normalized spacial score (nSPS) is 11.9. The summed E-state index contributed by atoms with van der Waals surface area (Å²) in [7, 11) is 0.944. The maximum absolute atomic E-state index is 12.4. The molecule has 0 spiro atoms. The Morgan fingerprint density at radius 3 is 2.31 bits per heavy atom. The molecule has 90 valence electrons. The van der Waals surface area contributed by atoms with Crippen LogP contribution in [0.15, 0.2) is 6.07 Å². The molecule has 1 heterocycles. The summed E-state index contributed by atoms with van der Waals surface area (Å²) in [5.74, 6) is -1.51. The highest BCUT2D eigenvalue weighted by atomic mass is 19.4. The van der Waals surface area contributed by atoms with Crippen LogP contribution in [0.25, 0.3) is 0 Å². The van der Waals surface area contributed by atoms with Gasteiger partial charge in [0.15, 0.2) is 0 Å². The van der Waals surface area contributed by atoms with E-state index >= 15 is 0 Å². The maximum Gasteiger partial charge on any atom is 0.421 e. The topological polar surface area (TPSA) is 48.1 Å². The Hall–Kier alpha value is -1.60. The van der Waals surface area contributed by atoms with E-state index < -0.39 is 35.4 Å². The molecule has 0 aliphatic rings. The minimum absolute atomic E-state index is 0.242. The molecule has 0 amide bonds. The van der Waals surface area contributed by atoms with Crippen molar-refractivity contribution in [2.24, 2.45) is 0 Å². The van der Waals surface area contributed by atoms with Gasteiger partial charge in [-0.3, -0.25) is 0 Å². The average molecular weight is 242 g/mol. The van der Waals surface area contributed by atoms with Crippen molar-refractivity contribution in [3.63, 3.8) is 0 Å². The van der Waals surface area contributed by atoms with Crippen LogP contribution in [-0.4, -0.2) is 12.1 Å². The van der Waals surface area contributed by atoms with Crippen LogP contribution < -0.4 is 10.5 Å². The van der Waals surface area contributed by atoms with E-state index in [1.54, 1.807) is 0 Å². The third-order valence-corrected chi connectivity index (χ3v) is 1.78. The number of hydrogen-bond acceptors (Lipinski definition) is 3. The zero-order chi connectivity index (χ0) is 12.5. The molecular formula is C8H7F5N2O. The molecule has 0 saturated heterocycles. The molecule has 2 N–H and O–H groups in total. The van der Waals surface area contributed by atoms with Gasteiger partial charge in [0, 0.05) is 0 Å². The van der Waals surface area contributed by atoms with Crippen molar-refractivity contribution in [1.82, 2.24) is 4.98 Å². The molecule has 0 aliphatic carbocycles. The van der Waals surface area contributed by atoms with Gasteiger partial charge in [0.05, 0.1) is 12.7 Å². The molecule has 0 fully saturated rings. The van der Waals surface area contributed by atoms with Crippen molar-refractivity contribution < 1.29 is 26.7 Å². The number of nitrogens with zero attached hydrogens (tertiary/aromatic N) is 1. The van der Waals surface area contributed by atoms with Crippen molar-refractivity contribution in [2.75, 3.05) is 12.8 Å². The first-order valence-electron chi connectivity index (χ1n) is 3.97. The molecule has 1 rings (SSSR count). The Kier molecular flexibility index (Phi) is 3.20. The molecule has 0 radical (unpaired) electrons. The quantitative estimate of drug-likeness (QED) is 0.811. The minimum atomic E-state index is -4.82. The fraction of sp³-hybridized carbons (Fsp3) is 0.375. The summed E-state index contributed by atoms with van der Waals surface area (Å²) in [6.45, 7) is 0.